The second-order valence-corrected chi connectivity index (χ2v) is 8.99. The van der Waals surface area contributed by atoms with E-state index < -0.39 is 0 Å². The summed E-state index contributed by atoms with van der Waals surface area (Å²) < 4.78 is 11.6. The number of carbonyl (C=O) groups excluding carboxylic acids is 1. The number of nitrogens with zero attached hydrogens (tertiary/aromatic N) is 5. The van der Waals surface area contributed by atoms with Crippen LogP contribution in [0.3, 0.4) is 0 Å². The molecule has 0 radical (unpaired) electrons. The number of anilines is 1. The largest absolute Gasteiger partial charge is 0.358 e. The van der Waals surface area contributed by atoms with E-state index in [1.54, 1.807) is 22.2 Å². The molecule has 0 saturated heterocycles. The number of nitrogens with one attached hydrogen (secondary N) is 1. The summed E-state index contributed by atoms with van der Waals surface area (Å²) in [5, 5.41) is 13.1. The number of aromatic nitrogens is 5. The van der Waals surface area contributed by atoms with Crippen LogP contribution in [0.1, 0.15) is 24.3 Å². The number of rotatable bonds is 9. The molecule has 11 heteroatoms. The van der Waals surface area contributed by atoms with Crippen LogP contribution < -0.4 is 5.32 Å². The van der Waals surface area contributed by atoms with Crippen molar-refractivity contribution in [3.63, 3.8) is 0 Å². The van der Waals surface area contributed by atoms with Gasteiger partial charge in [0.25, 0.3) is 5.91 Å². The van der Waals surface area contributed by atoms with Gasteiger partial charge in [-0.1, -0.05) is 18.3 Å². The normalized spacial score (nSPS) is 11.1. The molecular formula is C17H19BrN6O2S2. The molecule has 0 bridgehead atoms. The van der Waals surface area contributed by atoms with Gasteiger partial charge < -0.3 is 10.1 Å². The zero-order chi connectivity index (χ0) is 19.9. The first-order chi connectivity index (χ1) is 13.5. The second-order valence-electron chi connectivity index (χ2n) is 5.98. The van der Waals surface area contributed by atoms with Gasteiger partial charge in [0, 0.05) is 22.4 Å². The van der Waals surface area contributed by atoms with Crippen LogP contribution in [0.4, 0.5) is 5.69 Å². The lowest BCUT2D eigenvalue weighted by Gasteiger charge is -2.09. The molecule has 2 heterocycles. The Morgan fingerprint density at radius 3 is 2.82 bits per heavy atom. The van der Waals surface area contributed by atoms with Crippen LogP contribution in [0.5, 0.6) is 0 Å². The van der Waals surface area contributed by atoms with Crippen molar-refractivity contribution in [3.8, 4) is 11.4 Å². The lowest BCUT2D eigenvalue weighted by Crippen LogP contribution is -2.12. The molecule has 0 spiro atoms. The van der Waals surface area contributed by atoms with Gasteiger partial charge in [0.15, 0.2) is 11.5 Å². The summed E-state index contributed by atoms with van der Waals surface area (Å²) in [6.07, 6.45) is 0. The molecule has 2 aromatic heterocycles. The smallest absolute Gasteiger partial charge is 0.277 e. The molecule has 3 aromatic rings. The maximum atomic E-state index is 12.0. The van der Waals surface area contributed by atoms with Crippen LogP contribution in [0, 0.1) is 0 Å². The number of hydrogen-bond acceptors (Lipinski definition) is 8. The third kappa shape index (κ3) is 5.84. The van der Waals surface area contributed by atoms with Crippen molar-refractivity contribution in [2.75, 3.05) is 17.7 Å². The fourth-order valence-electron chi connectivity index (χ4n) is 2.27. The Bertz CT molecular complexity index is 899. The summed E-state index contributed by atoms with van der Waals surface area (Å²) in [5.74, 6) is 1.33. The third-order valence-electron chi connectivity index (χ3n) is 3.53. The Balaban J connectivity index is 1.62. The molecule has 0 fully saturated rings. The minimum Gasteiger partial charge on any atom is -0.358 e. The van der Waals surface area contributed by atoms with Crippen molar-refractivity contribution >= 4 is 50.8 Å². The molecule has 8 nitrogen and oxygen atoms in total. The Labute approximate surface area is 179 Å². The molecule has 1 aromatic carbocycles. The first-order valence-electron chi connectivity index (χ1n) is 8.51. The average Bonchev–Trinajstić information content (AvgIpc) is 3.32. The quantitative estimate of drug-likeness (QED) is 0.461. The molecule has 0 aliphatic carbocycles. The Morgan fingerprint density at radius 2 is 2.14 bits per heavy atom. The van der Waals surface area contributed by atoms with E-state index >= 15 is 0 Å². The van der Waals surface area contributed by atoms with E-state index in [0.29, 0.717) is 40.5 Å². The molecule has 28 heavy (non-hydrogen) atoms. The highest BCUT2D eigenvalue weighted by molar-refractivity contribution is 9.10. The summed E-state index contributed by atoms with van der Waals surface area (Å²) in [7, 11) is 0. The minimum absolute atomic E-state index is 0.292. The lowest BCUT2D eigenvalue weighted by atomic mass is 10.2. The Morgan fingerprint density at radius 1 is 1.36 bits per heavy atom. The molecule has 0 saturated carbocycles. The van der Waals surface area contributed by atoms with Crippen LogP contribution in [0.15, 0.2) is 34.4 Å². The van der Waals surface area contributed by atoms with Gasteiger partial charge in [-0.15, -0.1) is 10.2 Å². The topological polar surface area (TPSA) is 94.8 Å². The van der Waals surface area contributed by atoms with E-state index in [-0.39, 0.29) is 5.91 Å². The minimum atomic E-state index is -0.292. The number of ether oxygens (including phenoxy) is 1. The van der Waals surface area contributed by atoms with E-state index in [0.717, 1.165) is 22.8 Å². The summed E-state index contributed by atoms with van der Waals surface area (Å²) >= 11 is 6.31. The molecule has 0 atom stereocenters. The monoisotopic (exact) mass is 482 g/mol. The van der Waals surface area contributed by atoms with Crippen molar-refractivity contribution in [2.45, 2.75) is 25.8 Å². The SMILES string of the molecule is CC(C)SCCOCn1nc(Br)nc1-c1ccc(NC(=O)c2csnn2)cc1. The van der Waals surface area contributed by atoms with Gasteiger partial charge in [0.2, 0.25) is 4.73 Å². The van der Waals surface area contributed by atoms with Crippen LogP contribution >= 0.6 is 39.2 Å². The van der Waals surface area contributed by atoms with Crippen molar-refractivity contribution < 1.29 is 9.53 Å². The number of hydrogen-bond donors (Lipinski definition) is 1. The molecule has 3 rings (SSSR count). The number of carbonyl (C=O) groups is 1. The summed E-state index contributed by atoms with van der Waals surface area (Å²) in [4.78, 5) is 16.5. The predicted molar refractivity (Wildman–Crippen MR) is 115 cm³/mol. The van der Waals surface area contributed by atoms with Crippen LogP contribution in [0.2, 0.25) is 0 Å². The van der Waals surface area contributed by atoms with Crippen LogP contribution in [-0.4, -0.2) is 47.9 Å². The van der Waals surface area contributed by atoms with Crippen molar-refractivity contribution in [3.05, 3.63) is 40.1 Å². The van der Waals surface area contributed by atoms with Gasteiger partial charge in [-0.05, 0) is 57.0 Å². The highest BCUT2D eigenvalue weighted by Crippen LogP contribution is 2.22. The first kappa shape index (κ1) is 20.9. The van der Waals surface area contributed by atoms with E-state index in [2.05, 4.69) is 54.8 Å². The van der Waals surface area contributed by atoms with Crippen LogP contribution in [0.25, 0.3) is 11.4 Å². The first-order valence-corrected chi connectivity index (χ1v) is 11.2. The fourth-order valence-corrected chi connectivity index (χ4v) is 3.75. The summed E-state index contributed by atoms with van der Waals surface area (Å²) in [6, 6.07) is 7.35. The highest BCUT2D eigenvalue weighted by atomic mass is 79.9. The van der Waals surface area contributed by atoms with Gasteiger partial charge in [-0.2, -0.15) is 11.8 Å². The van der Waals surface area contributed by atoms with Crippen molar-refractivity contribution in [2.24, 2.45) is 0 Å². The molecule has 0 unspecified atom stereocenters. The average molecular weight is 483 g/mol. The van der Waals surface area contributed by atoms with Gasteiger partial charge >= 0.3 is 0 Å². The second kappa shape index (κ2) is 10.1. The van der Waals surface area contributed by atoms with E-state index in [1.807, 2.05) is 23.9 Å². The molecular weight excluding hydrogens is 464 g/mol. The molecule has 0 aliphatic rings. The highest BCUT2D eigenvalue weighted by Gasteiger charge is 2.12. The fraction of sp³-hybridized carbons (Fsp3) is 0.353. The van der Waals surface area contributed by atoms with Crippen LogP contribution in [-0.2, 0) is 11.5 Å². The van der Waals surface area contributed by atoms with Gasteiger partial charge in [-0.25, -0.2) is 9.67 Å². The number of halogens is 1. The Hall–Kier alpha value is -1.82. The molecule has 0 aliphatic heterocycles. The third-order valence-corrected chi connectivity index (χ3v) is 5.44. The Kier molecular flexibility index (Phi) is 7.54. The van der Waals surface area contributed by atoms with Crippen molar-refractivity contribution in [1.29, 1.82) is 0 Å². The number of benzene rings is 1. The summed E-state index contributed by atoms with van der Waals surface area (Å²) in [5.41, 5.74) is 1.83. The number of amides is 1. The van der Waals surface area contributed by atoms with Gasteiger partial charge in [0.05, 0.1) is 6.61 Å². The maximum absolute atomic E-state index is 12.0. The summed E-state index contributed by atoms with van der Waals surface area (Å²) in [6.45, 7) is 5.30. The molecule has 148 valence electrons. The van der Waals surface area contributed by atoms with Crippen molar-refractivity contribution in [1.82, 2.24) is 24.4 Å². The van der Waals surface area contributed by atoms with Gasteiger partial charge in [0.1, 0.15) is 6.73 Å². The van der Waals surface area contributed by atoms with Gasteiger partial charge in [-0.3, -0.25) is 4.79 Å². The van der Waals surface area contributed by atoms with E-state index in [9.17, 15) is 4.79 Å². The standard InChI is InChI=1S/C17H19BrN6O2S2/c1-11(2)27-8-7-26-10-24-15(20-17(18)22-24)12-3-5-13(6-4-12)19-16(25)14-9-28-23-21-14/h3-6,9,11H,7-8,10H2,1-2H3,(H,19,25). The lowest BCUT2D eigenvalue weighted by molar-refractivity contribution is 0.0820. The molecule has 1 N–H and O–H groups in total. The van der Waals surface area contributed by atoms with E-state index in [4.69, 9.17) is 4.74 Å². The zero-order valence-electron chi connectivity index (χ0n) is 15.3. The maximum Gasteiger partial charge on any atom is 0.277 e. The predicted octanol–water partition coefficient (Wildman–Crippen LogP) is 3.93. The molecule has 1 amide bonds. The number of thioether (sulfide) groups is 1. The zero-order valence-corrected chi connectivity index (χ0v) is 18.6. The van der Waals surface area contributed by atoms with E-state index in [1.165, 1.54) is 0 Å².